The number of para-hydroxylation sites is 1. The molecule has 2 aromatic rings. The predicted octanol–water partition coefficient (Wildman–Crippen LogP) is 3.76. The molecule has 5 heteroatoms. The fourth-order valence-corrected chi connectivity index (χ4v) is 2.46. The van der Waals surface area contributed by atoms with Crippen LogP contribution in [0.2, 0.25) is 0 Å². The minimum Gasteiger partial charge on any atom is -0.496 e. The van der Waals surface area contributed by atoms with Gasteiger partial charge in [-0.25, -0.2) is 0 Å². The van der Waals surface area contributed by atoms with Crippen LogP contribution >= 0.6 is 0 Å². The lowest BCUT2D eigenvalue weighted by molar-refractivity contribution is -0.121. The van der Waals surface area contributed by atoms with E-state index in [0.717, 1.165) is 23.5 Å². The second kappa shape index (κ2) is 10.2. The first-order valence-corrected chi connectivity index (χ1v) is 8.78. The number of carbonyl (C=O) groups excluding carboxylic acids is 2. The number of amides is 1. The van der Waals surface area contributed by atoms with Crippen LogP contribution in [0.3, 0.4) is 0 Å². The summed E-state index contributed by atoms with van der Waals surface area (Å²) in [5.74, 6) is 1.26. The zero-order chi connectivity index (χ0) is 18.8. The van der Waals surface area contributed by atoms with Gasteiger partial charge in [0.25, 0.3) is 0 Å². The Balaban J connectivity index is 1.78. The molecule has 2 aromatic carbocycles. The number of benzene rings is 2. The maximum atomic E-state index is 12.2. The van der Waals surface area contributed by atoms with Gasteiger partial charge in [-0.05, 0) is 36.8 Å². The topological polar surface area (TPSA) is 64.6 Å². The summed E-state index contributed by atoms with van der Waals surface area (Å²) in [7, 11) is 1.60. The minimum absolute atomic E-state index is 0.0560. The molecular weight excluding hydrogens is 330 g/mol. The van der Waals surface area contributed by atoms with Crippen LogP contribution in [0.25, 0.3) is 0 Å². The Morgan fingerprint density at radius 3 is 2.42 bits per heavy atom. The molecule has 0 fully saturated rings. The second-order valence-electron chi connectivity index (χ2n) is 5.88. The van der Waals surface area contributed by atoms with Crippen molar-refractivity contribution >= 4 is 11.7 Å². The van der Waals surface area contributed by atoms with Crippen molar-refractivity contribution in [1.82, 2.24) is 5.32 Å². The summed E-state index contributed by atoms with van der Waals surface area (Å²) in [5, 5.41) is 2.82. The fourth-order valence-electron chi connectivity index (χ4n) is 2.46. The molecule has 0 aliphatic rings. The van der Waals surface area contributed by atoms with Gasteiger partial charge >= 0.3 is 0 Å². The molecule has 0 aromatic heterocycles. The number of methoxy groups -OCH3 is 1. The van der Waals surface area contributed by atoms with Crippen molar-refractivity contribution in [2.45, 2.75) is 32.7 Å². The normalized spacial score (nSPS) is 10.2. The van der Waals surface area contributed by atoms with Gasteiger partial charge in [0.15, 0.2) is 5.78 Å². The molecule has 0 saturated carbocycles. The molecule has 1 N–H and O–H groups in total. The Hall–Kier alpha value is -2.82. The fraction of sp³-hybridized carbons (Fsp3) is 0.333. The van der Waals surface area contributed by atoms with Gasteiger partial charge in [0.05, 0.1) is 13.7 Å². The van der Waals surface area contributed by atoms with Crippen LogP contribution in [0.4, 0.5) is 0 Å². The molecule has 0 heterocycles. The molecule has 0 aliphatic carbocycles. The van der Waals surface area contributed by atoms with E-state index in [4.69, 9.17) is 9.47 Å². The Labute approximate surface area is 154 Å². The van der Waals surface area contributed by atoms with Gasteiger partial charge in [-0.2, -0.15) is 0 Å². The van der Waals surface area contributed by atoms with Crippen molar-refractivity contribution < 1.29 is 19.1 Å². The van der Waals surface area contributed by atoms with Crippen molar-refractivity contribution in [3.05, 3.63) is 59.7 Å². The van der Waals surface area contributed by atoms with Gasteiger partial charge in [-0.3, -0.25) is 9.59 Å². The third-order valence-corrected chi connectivity index (χ3v) is 3.90. The smallest absolute Gasteiger partial charge is 0.220 e. The number of Topliss-reactive ketones (excluding diaryl/α,β-unsaturated/α-hetero) is 1. The SMILES string of the molecule is CCCOc1ccc(C(=O)CCC(=O)NCc2ccccc2OC)cc1. The highest BCUT2D eigenvalue weighted by molar-refractivity contribution is 5.98. The highest BCUT2D eigenvalue weighted by atomic mass is 16.5. The van der Waals surface area contributed by atoms with Gasteiger partial charge in [0.2, 0.25) is 5.91 Å². The molecule has 0 saturated heterocycles. The first kappa shape index (κ1) is 19.5. The standard InChI is InChI=1S/C21H25NO4/c1-3-14-26-18-10-8-16(9-11-18)19(23)12-13-21(24)22-15-17-6-4-5-7-20(17)25-2/h4-11H,3,12-15H2,1-2H3,(H,22,24). The van der Waals surface area contributed by atoms with Crippen LogP contribution in [0.1, 0.15) is 42.1 Å². The van der Waals surface area contributed by atoms with Crippen LogP contribution in [-0.4, -0.2) is 25.4 Å². The molecule has 0 unspecified atom stereocenters. The van der Waals surface area contributed by atoms with Crippen LogP contribution < -0.4 is 14.8 Å². The zero-order valence-corrected chi connectivity index (χ0v) is 15.3. The monoisotopic (exact) mass is 355 g/mol. The average Bonchev–Trinajstić information content (AvgIpc) is 2.69. The Kier molecular flexibility index (Phi) is 7.68. The molecule has 0 radical (unpaired) electrons. The lowest BCUT2D eigenvalue weighted by Crippen LogP contribution is -2.23. The summed E-state index contributed by atoms with van der Waals surface area (Å²) in [4.78, 5) is 24.2. The van der Waals surface area contributed by atoms with Crippen LogP contribution in [0, 0.1) is 0 Å². The molecule has 26 heavy (non-hydrogen) atoms. The predicted molar refractivity (Wildman–Crippen MR) is 101 cm³/mol. The van der Waals surface area contributed by atoms with Crippen LogP contribution in [-0.2, 0) is 11.3 Å². The lowest BCUT2D eigenvalue weighted by atomic mass is 10.1. The molecule has 0 atom stereocenters. The van der Waals surface area contributed by atoms with E-state index >= 15 is 0 Å². The van der Waals surface area contributed by atoms with E-state index in [2.05, 4.69) is 5.32 Å². The highest BCUT2D eigenvalue weighted by Crippen LogP contribution is 2.17. The van der Waals surface area contributed by atoms with Gasteiger partial charge in [-0.15, -0.1) is 0 Å². The summed E-state index contributed by atoms with van der Waals surface area (Å²) in [6, 6.07) is 14.5. The highest BCUT2D eigenvalue weighted by Gasteiger charge is 2.10. The first-order chi connectivity index (χ1) is 12.6. The third kappa shape index (κ3) is 5.92. The van der Waals surface area contributed by atoms with E-state index in [1.807, 2.05) is 31.2 Å². The van der Waals surface area contributed by atoms with E-state index in [1.165, 1.54) is 0 Å². The Bertz CT molecular complexity index is 725. The molecule has 0 bridgehead atoms. The van der Waals surface area contributed by atoms with Crippen molar-refractivity contribution in [2.24, 2.45) is 0 Å². The maximum Gasteiger partial charge on any atom is 0.220 e. The van der Waals surface area contributed by atoms with E-state index < -0.39 is 0 Å². The Morgan fingerprint density at radius 1 is 1.00 bits per heavy atom. The quantitative estimate of drug-likeness (QED) is 0.659. The number of nitrogens with one attached hydrogen (secondary N) is 1. The summed E-state index contributed by atoms with van der Waals surface area (Å²) >= 11 is 0. The zero-order valence-electron chi connectivity index (χ0n) is 15.3. The van der Waals surface area contributed by atoms with E-state index in [9.17, 15) is 9.59 Å². The van der Waals surface area contributed by atoms with Crippen LogP contribution in [0.15, 0.2) is 48.5 Å². The molecule has 5 nitrogen and oxygen atoms in total. The molecule has 1 amide bonds. The number of rotatable bonds is 10. The number of hydrogen-bond acceptors (Lipinski definition) is 4. The minimum atomic E-state index is -0.160. The van der Waals surface area contributed by atoms with Crippen LogP contribution in [0.5, 0.6) is 11.5 Å². The first-order valence-electron chi connectivity index (χ1n) is 8.78. The van der Waals surface area contributed by atoms with Gasteiger partial charge in [-0.1, -0.05) is 25.1 Å². The van der Waals surface area contributed by atoms with Crippen molar-refractivity contribution in [2.75, 3.05) is 13.7 Å². The third-order valence-electron chi connectivity index (χ3n) is 3.90. The van der Waals surface area contributed by atoms with Crippen molar-refractivity contribution in [3.8, 4) is 11.5 Å². The van der Waals surface area contributed by atoms with E-state index in [0.29, 0.717) is 18.7 Å². The number of hydrogen-bond donors (Lipinski definition) is 1. The Morgan fingerprint density at radius 2 is 1.73 bits per heavy atom. The largest absolute Gasteiger partial charge is 0.496 e. The van der Waals surface area contributed by atoms with Gasteiger partial charge in [0.1, 0.15) is 11.5 Å². The summed E-state index contributed by atoms with van der Waals surface area (Å²) in [5.41, 5.74) is 1.49. The number of ketones is 1. The molecule has 138 valence electrons. The lowest BCUT2D eigenvalue weighted by Gasteiger charge is -2.09. The summed E-state index contributed by atoms with van der Waals surface area (Å²) in [6.07, 6.45) is 1.26. The van der Waals surface area contributed by atoms with Crippen molar-refractivity contribution in [1.29, 1.82) is 0 Å². The second-order valence-corrected chi connectivity index (χ2v) is 5.88. The van der Waals surface area contributed by atoms with E-state index in [-0.39, 0.29) is 24.5 Å². The number of carbonyl (C=O) groups is 2. The molecular formula is C21H25NO4. The molecule has 2 rings (SSSR count). The number of ether oxygens (including phenoxy) is 2. The summed E-state index contributed by atoms with van der Waals surface area (Å²) < 4.78 is 10.7. The van der Waals surface area contributed by atoms with E-state index in [1.54, 1.807) is 31.4 Å². The molecule has 0 aliphatic heterocycles. The van der Waals surface area contributed by atoms with Crippen molar-refractivity contribution in [3.63, 3.8) is 0 Å². The summed E-state index contributed by atoms with van der Waals surface area (Å²) in [6.45, 7) is 3.07. The van der Waals surface area contributed by atoms with Gasteiger partial charge < -0.3 is 14.8 Å². The maximum absolute atomic E-state index is 12.2. The average molecular weight is 355 g/mol. The van der Waals surface area contributed by atoms with Gasteiger partial charge in [0, 0.05) is 30.5 Å². The molecule has 0 spiro atoms.